The van der Waals surface area contributed by atoms with Gasteiger partial charge in [0.25, 0.3) is 0 Å². The van der Waals surface area contributed by atoms with E-state index in [9.17, 15) is 4.79 Å². The van der Waals surface area contributed by atoms with E-state index >= 15 is 0 Å². The molecule has 1 heterocycles. The van der Waals surface area contributed by atoms with Crippen molar-refractivity contribution in [3.8, 4) is 0 Å². The molecule has 1 N–H and O–H groups in total. The van der Waals surface area contributed by atoms with Crippen LogP contribution in [0, 0.1) is 0 Å². The predicted molar refractivity (Wildman–Crippen MR) is 63.7 cm³/mol. The van der Waals surface area contributed by atoms with Crippen LogP contribution in [-0.4, -0.2) is 16.3 Å². The number of benzene rings is 1. The third-order valence-electron chi connectivity index (χ3n) is 1.95. The lowest BCUT2D eigenvalue weighted by Crippen LogP contribution is -2.23. The Morgan fingerprint density at radius 3 is 2.60 bits per heavy atom. The van der Waals surface area contributed by atoms with Gasteiger partial charge in [0.15, 0.2) is 5.17 Å². The van der Waals surface area contributed by atoms with Gasteiger partial charge in [-0.1, -0.05) is 23.4 Å². The van der Waals surface area contributed by atoms with Crippen LogP contribution in [0.3, 0.4) is 0 Å². The molecular formula is C10H9ClN2OS. The SMILES string of the molecule is CC1SC(=Nc2ccc(Cl)cc2)NC1=O. The van der Waals surface area contributed by atoms with Crippen molar-refractivity contribution < 1.29 is 4.79 Å². The number of carbonyl (C=O) groups excluding carboxylic acids is 1. The monoisotopic (exact) mass is 240 g/mol. The minimum atomic E-state index is -0.0592. The molecule has 78 valence electrons. The van der Waals surface area contributed by atoms with Gasteiger partial charge < -0.3 is 5.32 Å². The molecule has 1 atom stereocenters. The summed E-state index contributed by atoms with van der Waals surface area (Å²) in [5.74, 6) is 0.00714. The lowest BCUT2D eigenvalue weighted by atomic mass is 10.3. The molecule has 1 fully saturated rings. The molecule has 0 aromatic heterocycles. The molecule has 5 heteroatoms. The predicted octanol–water partition coefficient (Wildman–Crippen LogP) is 2.58. The lowest BCUT2D eigenvalue weighted by molar-refractivity contribution is -0.118. The van der Waals surface area contributed by atoms with Gasteiger partial charge in [-0.15, -0.1) is 0 Å². The first-order chi connectivity index (χ1) is 7.15. The van der Waals surface area contributed by atoms with Crippen LogP contribution < -0.4 is 5.32 Å². The summed E-state index contributed by atoms with van der Waals surface area (Å²) >= 11 is 7.18. The van der Waals surface area contributed by atoms with Crippen molar-refractivity contribution >= 4 is 40.1 Å². The van der Waals surface area contributed by atoms with E-state index in [0.717, 1.165) is 5.69 Å². The molecule has 0 radical (unpaired) electrons. The van der Waals surface area contributed by atoms with Crippen molar-refractivity contribution in [2.75, 3.05) is 0 Å². The number of amides is 1. The van der Waals surface area contributed by atoms with Gasteiger partial charge in [0.2, 0.25) is 5.91 Å². The summed E-state index contributed by atoms with van der Waals surface area (Å²) in [6, 6.07) is 7.16. The Kier molecular flexibility index (Phi) is 2.98. The molecule has 0 bridgehead atoms. The van der Waals surface area contributed by atoms with Crippen molar-refractivity contribution in [3.05, 3.63) is 29.3 Å². The van der Waals surface area contributed by atoms with Gasteiger partial charge in [-0.2, -0.15) is 0 Å². The Labute approximate surface area is 96.9 Å². The number of nitrogens with zero attached hydrogens (tertiary/aromatic N) is 1. The number of thioether (sulfide) groups is 1. The highest BCUT2D eigenvalue weighted by atomic mass is 35.5. The highest BCUT2D eigenvalue weighted by Gasteiger charge is 2.25. The molecular weight excluding hydrogens is 232 g/mol. The molecule has 1 saturated heterocycles. The lowest BCUT2D eigenvalue weighted by Gasteiger charge is -1.96. The number of amidine groups is 1. The summed E-state index contributed by atoms with van der Waals surface area (Å²) in [6.07, 6.45) is 0. The second-order valence-electron chi connectivity index (χ2n) is 3.14. The average molecular weight is 241 g/mol. The summed E-state index contributed by atoms with van der Waals surface area (Å²) in [7, 11) is 0. The fraction of sp³-hybridized carbons (Fsp3) is 0.200. The maximum atomic E-state index is 11.2. The molecule has 3 nitrogen and oxygen atoms in total. The average Bonchev–Trinajstić information content (AvgIpc) is 2.50. The third kappa shape index (κ3) is 2.52. The fourth-order valence-electron chi connectivity index (χ4n) is 1.14. The van der Waals surface area contributed by atoms with Gasteiger partial charge in [0.1, 0.15) is 0 Å². The van der Waals surface area contributed by atoms with Gasteiger partial charge in [0, 0.05) is 5.02 Å². The normalized spacial score (nSPS) is 23.2. The van der Waals surface area contributed by atoms with Crippen molar-refractivity contribution in [2.45, 2.75) is 12.2 Å². The van der Waals surface area contributed by atoms with Crippen LogP contribution in [0.2, 0.25) is 5.02 Å². The van der Waals surface area contributed by atoms with Crippen LogP contribution in [-0.2, 0) is 4.79 Å². The largest absolute Gasteiger partial charge is 0.304 e. The van der Waals surface area contributed by atoms with Gasteiger partial charge in [-0.05, 0) is 31.2 Å². The Hall–Kier alpha value is -1.00. The molecule has 1 aliphatic rings. The van der Waals surface area contributed by atoms with E-state index in [2.05, 4.69) is 10.3 Å². The Bertz CT molecular complexity index is 416. The van der Waals surface area contributed by atoms with Crippen LogP contribution in [0.5, 0.6) is 0 Å². The van der Waals surface area contributed by atoms with E-state index in [1.807, 2.05) is 19.1 Å². The smallest absolute Gasteiger partial charge is 0.239 e. The zero-order valence-electron chi connectivity index (χ0n) is 8.03. The number of hydrogen-bond donors (Lipinski definition) is 1. The molecule has 1 aromatic rings. The van der Waals surface area contributed by atoms with Crippen molar-refractivity contribution in [1.29, 1.82) is 0 Å². The van der Waals surface area contributed by atoms with Gasteiger partial charge in [-0.3, -0.25) is 4.79 Å². The van der Waals surface area contributed by atoms with Crippen LogP contribution in [0.1, 0.15) is 6.92 Å². The van der Waals surface area contributed by atoms with Crippen molar-refractivity contribution in [1.82, 2.24) is 5.32 Å². The summed E-state index contributed by atoms with van der Waals surface area (Å²) in [6.45, 7) is 1.85. The first kappa shape index (κ1) is 10.5. The molecule has 1 aromatic carbocycles. The molecule has 2 rings (SSSR count). The Morgan fingerprint density at radius 1 is 1.40 bits per heavy atom. The second kappa shape index (κ2) is 4.24. The van der Waals surface area contributed by atoms with E-state index in [1.165, 1.54) is 11.8 Å². The Balaban J connectivity index is 2.17. The van der Waals surface area contributed by atoms with Crippen LogP contribution in [0.25, 0.3) is 0 Å². The summed E-state index contributed by atoms with van der Waals surface area (Å²) in [5, 5.41) is 3.97. The topological polar surface area (TPSA) is 41.5 Å². The van der Waals surface area contributed by atoms with E-state index in [4.69, 9.17) is 11.6 Å². The summed E-state index contributed by atoms with van der Waals surface area (Å²) in [5.41, 5.74) is 0.788. The van der Waals surface area contributed by atoms with E-state index in [-0.39, 0.29) is 11.2 Å². The third-order valence-corrected chi connectivity index (χ3v) is 3.18. The van der Waals surface area contributed by atoms with Crippen LogP contribution in [0.15, 0.2) is 29.3 Å². The number of carbonyl (C=O) groups is 1. The minimum absolute atomic E-state index is 0.00714. The summed E-state index contributed by atoms with van der Waals surface area (Å²) in [4.78, 5) is 15.5. The quantitative estimate of drug-likeness (QED) is 0.820. The van der Waals surface area contributed by atoms with E-state index in [0.29, 0.717) is 10.2 Å². The number of rotatable bonds is 1. The highest BCUT2D eigenvalue weighted by molar-refractivity contribution is 8.15. The molecule has 1 amide bonds. The Morgan fingerprint density at radius 2 is 2.07 bits per heavy atom. The van der Waals surface area contributed by atoms with Gasteiger partial charge in [0.05, 0.1) is 10.9 Å². The number of hydrogen-bond acceptors (Lipinski definition) is 3. The van der Waals surface area contributed by atoms with Crippen molar-refractivity contribution in [2.24, 2.45) is 4.99 Å². The first-order valence-electron chi connectivity index (χ1n) is 4.47. The van der Waals surface area contributed by atoms with Gasteiger partial charge in [-0.25, -0.2) is 4.99 Å². The van der Waals surface area contributed by atoms with E-state index < -0.39 is 0 Å². The zero-order chi connectivity index (χ0) is 10.8. The molecule has 1 unspecified atom stereocenters. The molecule has 0 saturated carbocycles. The minimum Gasteiger partial charge on any atom is -0.304 e. The van der Waals surface area contributed by atoms with Crippen LogP contribution in [0.4, 0.5) is 5.69 Å². The second-order valence-corrected chi connectivity index (χ2v) is 4.91. The van der Waals surface area contributed by atoms with E-state index in [1.54, 1.807) is 12.1 Å². The van der Waals surface area contributed by atoms with Crippen molar-refractivity contribution in [3.63, 3.8) is 0 Å². The maximum Gasteiger partial charge on any atom is 0.239 e. The molecule has 0 aliphatic carbocycles. The molecule has 15 heavy (non-hydrogen) atoms. The standard InChI is InChI=1S/C10H9ClN2OS/c1-6-9(14)13-10(15-6)12-8-4-2-7(11)3-5-8/h2-6H,1H3,(H,12,13,14). The maximum absolute atomic E-state index is 11.2. The number of nitrogens with one attached hydrogen (secondary N) is 1. The number of aliphatic imine (C=N–C) groups is 1. The zero-order valence-corrected chi connectivity index (χ0v) is 9.60. The van der Waals surface area contributed by atoms with Gasteiger partial charge >= 0.3 is 0 Å². The summed E-state index contributed by atoms with van der Waals surface area (Å²) < 4.78 is 0. The fourth-order valence-corrected chi connectivity index (χ4v) is 2.09. The first-order valence-corrected chi connectivity index (χ1v) is 5.73. The highest BCUT2D eigenvalue weighted by Crippen LogP contribution is 2.23. The molecule has 1 aliphatic heterocycles. The van der Waals surface area contributed by atoms with Crippen LogP contribution >= 0.6 is 23.4 Å². The number of halogens is 1. The molecule has 0 spiro atoms.